The highest BCUT2D eigenvalue weighted by Crippen LogP contribution is 2.16. The summed E-state index contributed by atoms with van der Waals surface area (Å²) in [7, 11) is 1.37. The predicted octanol–water partition coefficient (Wildman–Crippen LogP) is 0.991. The third-order valence-corrected chi connectivity index (χ3v) is 3.00. The first-order valence-electron chi connectivity index (χ1n) is 6.05. The summed E-state index contributed by atoms with van der Waals surface area (Å²) >= 11 is 0. The van der Waals surface area contributed by atoms with E-state index >= 15 is 0 Å². The maximum absolute atomic E-state index is 11.5. The molecule has 0 spiro atoms. The Labute approximate surface area is 111 Å². The fourth-order valence-electron chi connectivity index (χ4n) is 2.11. The summed E-state index contributed by atoms with van der Waals surface area (Å²) < 4.78 is 4.71. The van der Waals surface area contributed by atoms with Crippen LogP contribution in [0.2, 0.25) is 0 Å². The van der Waals surface area contributed by atoms with E-state index in [2.05, 4.69) is 15.3 Å². The number of methoxy groups -OCH3 is 1. The van der Waals surface area contributed by atoms with Gasteiger partial charge < -0.3 is 15.0 Å². The van der Waals surface area contributed by atoms with Crippen LogP contribution in [-0.4, -0.2) is 47.2 Å². The first kappa shape index (κ1) is 13.1. The number of ether oxygens (including phenoxy) is 1. The van der Waals surface area contributed by atoms with E-state index in [-0.39, 0.29) is 17.8 Å². The van der Waals surface area contributed by atoms with Gasteiger partial charge in [-0.3, -0.25) is 0 Å². The summed E-state index contributed by atoms with van der Waals surface area (Å²) in [4.78, 5) is 21.2. The number of hydrogen-bond donors (Lipinski definition) is 1. The number of likely N-dealkylation sites (tertiary alicyclic amines) is 1. The van der Waals surface area contributed by atoms with Gasteiger partial charge in [0.05, 0.1) is 7.11 Å². The average molecular weight is 261 g/mol. The molecule has 1 amide bonds. The van der Waals surface area contributed by atoms with Gasteiger partial charge in [-0.1, -0.05) is 0 Å². The topological polar surface area (TPSA) is 91.1 Å². The maximum atomic E-state index is 11.5. The van der Waals surface area contributed by atoms with Crippen molar-refractivity contribution < 1.29 is 9.53 Å². The van der Waals surface area contributed by atoms with Gasteiger partial charge in [0.15, 0.2) is 11.5 Å². The van der Waals surface area contributed by atoms with Crippen LogP contribution in [-0.2, 0) is 4.74 Å². The summed E-state index contributed by atoms with van der Waals surface area (Å²) in [5.74, 6) is 0.460. The molecule has 1 aromatic rings. The molecular formula is C12H15N5O2. The zero-order valence-corrected chi connectivity index (χ0v) is 10.7. The number of nitrogens with zero attached hydrogens (tertiary/aromatic N) is 4. The molecule has 1 saturated heterocycles. The highest BCUT2D eigenvalue weighted by Gasteiger charge is 2.24. The maximum Gasteiger partial charge on any atom is 0.409 e. The number of carbonyl (C=O) groups is 1. The Hall–Kier alpha value is -2.36. The number of nitriles is 1. The number of carbonyl (C=O) groups excluding carboxylic acids is 1. The first-order chi connectivity index (χ1) is 9.24. The van der Waals surface area contributed by atoms with Crippen molar-refractivity contribution in [2.24, 2.45) is 0 Å². The minimum atomic E-state index is -0.328. The number of amides is 1. The lowest BCUT2D eigenvalue weighted by molar-refractivity contribution is 0.113. The van der Waals surface area contributed by atoms with Crippen LogP contribution in [0.25, 0.3) is 0 Å². The van der Waals surface area contributed by atoms with Gasteiger partial charge in [-0.15, -0.1) is 0 Å². The Kier molecular flexibility index (Phi) is 4.13. The van der Waals surface area contributed by atoms with Gasteiger partial charge >= 0.3 is 6.09 Å². The zero-order chi connectivity index (χ0) is 13.7. The molecule has 19 heavy (non-hydrogen) atoms. The molecule has 1 aromatic heterocycles. The molecule has 2 rings (SSSR count). The molecule has 0 saturated carbocycles. The monoisotopic (exact) mass is 261 g/mol. The molecule has 1 aliphatic heterocycles. The van der Waals surface area contributed by atoms with Crippen molar-refractivity contribution in [2.75, 3.05) is 25.5 Å². The third-order valence-electron chi connectivity index (χ3n) is 3.00. The summed E-state index contributed by atoms with van der Waals surface area (Å²) in [6, 6.07) is 2.04. The molecule has 0 radical (unpaired) electrons. The number of hydrogen-bond acceptors (Lipinski definition) is 6. The third kappa shape index (κ3) is 3.10. The Bertz CT molecular complexity index is 499. The van der Waals surface area contributed by atoms with E-state index in [1.807, 2.05) is 6.07 Å². The molecule has 0 aliphatic carbocycles. The minimum Gasteiger partial charge on any atom is -0.453 e. The molecule has 1 aliphatic rings. The molecule has 7 heteroatoms. The van der Waals surface area contributed by atoms with Crippen LogP contribution in [0.5, 0.6) is 0 Å². The van der Waals surface area contributed by atoms with Crippen LogP contribution in [0.3, 0.4) is 0 Å². The highest BCUT2D eigenvalue weighted by molar-refractivity contribution is 5.67. The van der Waals surface area contributed by atoms with Gasteiger partial charge in [-0.2, -0.15) is 5.26 Å². The van der Waals surface area contributed by atoms with E-state index in [1.165, 1.54) is 19.5 Å². The summed E-state index contributed by atoms with van der Waals surface area (Å²) in [5, 5.41) is 12.1. The predicted molar refractivity (Wildman–Crippen MR) is 67.4 cm³/mol. The molecule has 1 N–H and O–H groups in total. The number of piperidine rings is 1. The summed E-state index contributed by atoms with van der Waals surface area (Å²) in [5.41, 5.74) is 0.262. The quantitative estimate of drug-likeness (QED) is 0.853. The van der Waals surface area contributed by atoms with Gasteiger partial charge in [0, 0.05) is 31.5 Å². The number of nitrogens with one attached hydrogen (secondary N) is 1. The molecule has 1 atom stereocenters. The molecule has 0 bridgehead atoms. The number of anilines is 1. The Morgan fingerprint density at radius 3 is 3.11 bits per heavy atom. The second-order valence-electron chi connectivity index (χ2n) is 4.26. The molecule has 1 unspecified atom stereocenters. The molecule has 100 valence electrons. The normalized spacial score (nSPS) is 18.5. The Morgan fingerprint density at radius 1 is 1.58 bits per heavy atom. The highest BCUT2D eigenvalue weighted by atomic mass is 16.5. The van der Waals surface area contributed by atoms with Crippen molar-refractivity contribution in [1.82, 2.24) is 14.9 Å². The molecule has 2 heterocycles. The van der Waals surface area contributed by atoms with Crippen LogP contribution in [0.4, 0.5) is 10.6 Å². The van der Waals surface area contributed by atoms with E-state index in [4.69, 9.17) is 10.00 Å². The molecular weight excluding hydrogens is 246 g/mol. The molecule has 7 nitrogen and oxygen atoms in total. The lowest BCUT2D eigenvalue weighted by Crippen LogP contribution is -2.45. The van der Waals surface area contributed by atoms with Gasteiger partial charge in [-0.25, -0.2) is 14.8 Å². The first-order valence-corrected chi connectivity index (χ1v) is 6.05. The molecule has 0 aromatic carbocycles. The fourth-order valence-corrected chi connectivity index (χ4v) is 2.11. The van der Waals surface area contributed by atoms with Gasteiger partial charge in [0.2, 0.25) is 0 Å². The second-order valence-corrected chi connectivity index (χ2v) is 4.26. The standard InChI is InChI=1S/C12H15N5O2/c1-19-12(18)17-6-2-3-9(8-17)16-11-10(7-13)14-4-5-15-11/h4-5,9H,2-3,6,8H2,1H3,(H,15,16). The lowest BCUT2D eigenvalue weighted by Gasteiger charge is -2.32. The largest absolute Gasteiger partial charge is 0.453 e. The van der Waals surface area contributed by atoms with Crippen molar-refractivity contribution in [3.63, 3.8) is 0 Å². The number of aromatic nitrogens is 2. The summed E-state index contributed by atoms with van der Waals surface area (Å²) in [6.45, 7) is 1.23. The van der Waals surface area contributed by atoms with E-state index in [9.17, 15) is 4.79 Å². The number of rotatable bonds is 2. The minimum absolute atomic E-state index is 0.0525. The van der Waals surface area contributed by atoms with Gasteiger partial charge in [0.1, 0.15) is 6.07 Å². The Morgan fingerprint density at radius 2 is 2.37 bits per heavy atom. The van der Waals surface area contributed by atoms with Crippen LogP contribution in [0.1, 0.15) is 18.5 Å². The van der Waals surface area contributed by atoms with Crippen molar-refractivity contribution >= 4 is 11.9 Å². The van der Waals surface area contributed by atoms with E-state index in [0.717, 1.165) is 12.8 Å². The van der Waals surface area contributed by atoms with Crippen LogP contribution in [0.15, 0.2) is 12.4 Å². The van der Waals surface area contributed by atoms with Crippen molar-refractivity contribution in [3.8, 4) is 6.07 Å². The Balaban J connectivity index is 2.03. The summed E-state index contributed by atoms with van der Waals surface area (Å²) in [6.07, 6.45) is 4.48. The smallest absolute Gasteiger partial charge is 0.409 e. The van der Waals surface area contributed by atoms with Crippen molar-refractivity contribution in [3.05, 3.63) is 18.1 Å². The van der Waals surface area contributed by atoms with E-state index in [0.29, 0.717) is 18.9 Å². The van der Waals surface area contributed by atoms with Crippen molar-refractivity contribution in [2.45, 2.75) is 18.9 Å². The second kappa shape index (κ2) is 6.00. The fraction of sp³-hybridized carbons (Fsp3) is 0.500. The average Bonchev–Trinajstić information content (AvgIpc) is 2.47. The van der Waals surface area contributed by atoms with Gasteiger partial charge in [-0.05, 0) is 12.8 Å². The zero-order valence-electron chi connectivity index (χ0n) is 10.7. The molecule has 1 fully saturated rings. The van der Waals surface area contributed by atoms with Crippen LogP contribution in [0, 0.1) is 11.3 Å². The van der Waals surface area contributed by atoms with Gasteiger partial charge in [0.25, 0.3) is 0 Å². The lowest BCUT2D eigenvalue weighted by atomic mass is 10.1. The van der Waals surface area contributed by atoms with Crippen LogP contribution >= 0.6 is 0 Å². The SMILES string of the molecule is COC(=O)N1CCCC(Nc2nccnc2C#N)C1. The van der Waals surface area contributed by atoms with Crippen LogP contribution < -0.4 is 5.32 Å². The van der Waals surface area contributed by atoms with E-state index in [1.54, 1.807) is 4.90 Å². The van der Waals surface area contributed by atoms with Crippen molar-refractivity contribution in [1.29, 1.82) is 5.26 Å². The van der Waals surface area contributed by atoms with E-state index < -0.39 is 0 Å².